The van der Waals surface area contributed by atoms with Crippen LogP contribution in [0.5, 0.6) is 0 Å². The number of carbonyl (C=O) groups is 1. The van der Waals surface area contributed by atoms with E-state index in [2.05, 4.69) is 36.3 Å². The fourth-order valence-electron chi connectivity index (χ4n) is 3.09. The van der Waals surface area contributed by atoms with Gasteiger partial charge >= 0.3 is 0 Å². The Kier molecular flexibility index (Phi) is 6.04. The van der Waals surface area contributed by atoms with Crippen LogP contribution < -0.4 is 11.1 Å². The van der Waals surface area contributed by atoms with Gasteiger partial charge in [0.25, 0.3) is 0 Å². The van der Waals surface area contributed by atoms with Gasteiger partial charge in [-0.2, -0.15) is 5.10 Å². The van der Waals surface area contributed by atoms with Crippen molar-refractivity contribution in [1.82, 2.24) is 10.2 Å². The lowest BCUT2D eigenvalue weighted by Gasteiger charge is -2.37. The maximum atomic E-state index is 12.4. The standard InChI is InChI=1S/C16H28N4O.ClH/c1-15(2,3)10-11-9-13(20-19-11)18-14(21)12-7-5-6-8-16(12,4)17;/h9,12H,5-8,10,17H2,1-4H3,(H2,18,19,20,21);1H. The third-order valence-electron chi connectivity index (χ3n) is 4.17. The second-order valence-electron chi connectivity index (χ2n) is 7.81. The largest absolute Gasteiger partial charge is 0.325 e. The normalized spacial score (nSPS) is 25.4. The van der Waals surface area contributed by atoms with Gasteiger partial charge in [0.1, 0.15) is 0 Å². The summed E-state index contributed by atoms with van der Waals surface area (Å²) in [5.41, 5.74) is 7.09. The second-order valence-corrected chi connectivity index (χ2v) is 7.81. The van der Waals surface area contributed by atoms with Crippen molar-refractivity contribution in [3.05, 3.63) is 11.8 Å². The highest BCUT2D eigenvalue weighted by Crippen LogP contribution is 2.32. The smallest absolute Gasteiger partial charge is 0.230 e. The molecule has 0 radical (unpaired) electrons. The zero-order valence-corrected chi connectivity index (χ0v) is 14.8. The van der Waals surface area contributed by atoms with E-state index in [0.717, 1.165) is 37.8 Å². The van der Waals surface area contributed by atoms with Gasteiger partial charge < -0.3 is 11.1 Å². The molecule has 1 aliphatic rings. The van der Waals surface area contributed by atoms with E-state index in [4.69, 9.17) is 5.73 Å². The molecule has 4 N–H and O–H groups in total. The topological polar surface area (TPSA) is 83.8 Å². The minimum atomic E-state index is -0.410. The summed E-state index contributed by atoms with van der Waals surface area (Å²) in [5.74, 6) is 0.461. The van der Waals surface area contributed by atoms with Crippen LogP contribution in [0.3, 0.4) is 0 Å². The molecule has 1 aromatic rings. The van der Waals surface area contributed by atoms with E-state index in [1.807, 2.05) is 13.0 Å². The highest BCUT2D eigenvalue weighted by Gasteiger charge is 2.37. The minimum absolute atomic E-state index is 0. The molecule has 5 nitrogen and oxygen atoms in total. The average molecular weight is 329 g/mol. The first-order valence-corrected chi connectivity index (χ1v) is 7.81. The van der Waals surface area contributed by atoms with Crippen molar-refractivity contribution < 1.29 is 4.79 Å². The van der Waals surface area contributed by atoms with Gasteiger partial charge in [0.05, 0.1) is 5.92 Å². The predicted molar refractivity (Wildman–Crippen MR) is 92.2 cm³/mol. The lowest BCUT2D eigenvalue weighted by molar-refractivity contribution is -0.122. The Morgan fingerprint density at radius 1 is 1.50 bits per heavy atom. The van der Waals surface area contributed by atoms with Gasteiger partial charge in [0, 0.05) is 17.3 Å². The molecule has 0 spiro atoms. The molecule has 1 amide bonds. The van der Waals surface area contributed by atoms with Crippen LogP contribution >= 0.6 is 12.4 Å². The summed E-state index contributed by atoms with van der Waals surface area (Å²) in [5, 5.41) is 10.1. The second kappa shape index (κ2) is 7.01. The highest BCUT2D eigenvalue weighted by molar-refractivity contribution is 5.92. The number of anilines is 1. The molecule has 1 heterocycles. The average Bonchev–Trinajstić information content (AvgIpc) is 2.73. The van der Waals surface area contributed by atoms with Gasteiger partial charge in [-0.25, -0.2) is 0 Å². The Balaban J connectivity index is 0.00000242. The number of rotatable bonds is 3. The predicted octanol–water partition coefficient (Wildman–Crippen LogP) is 3.27. The van der Waals surface area contributed by atoms with Crippen molar-refractivity contribution >= 4 is 24.1 Å². The summed E-state index contributed by atoms with van der Waals surface area (Å²) in [6.45, 7) is 8.50. The van der Waals surface area contributed by atoms with Crippen molar-refractivity contribution in [2.24, 2.45) is 17.1 Å². The van der Waals surface area contributed by atoms with Gasteiger partial charge in [0.2, 0.25) is 5.91 Å². The van der Waals surface area contributed by atoms with Crippen LogP contribution in [0.2, 0.25) is 0 Å². The molecule has 0 saturated heterocycles. The fourth-order valence-corrected chi connectivity index (χ4v) is 3.09. The quantitative estimate of drug-likeness (QED) is 0.796. The number of amides is 1. The molecule has 126 valence electrons. The number of aromatic amines is 1. The van der Waals surface area contributed by atoms with Crippen LogP contribution in [-0.2, 0) is 11.2 Å². The number of nitrogens with zero attached hydrogens (tertiary/aromatic N) is 1. The Morgan fingerprint density at radius 3 is 2.77 bits per heavy atom. The zero-order chi connectivity index (χ0) is 15.7. The van der Waals surface area contributed by atoms with Crippen molar-refractivity contribution in [3.63, 3.8) is 0 Å². The molecule has 1 fully saturated rings. The number of nitrogens with one attached hydrogen (secondary N) is 2. The van der Waals surface area contributed by atoms with Gasteiger partial charge in [-0.05, 0) is 31.6 Å². The van der Waals surface area contributed by atoms with Gasteiger partial charge in [-0.15, -0.1) is 12.4 Å². The molecule has 0 aromatic carbocycles. The molecule has 2 atom stereocenters. The summed E-state index contributed by atoms with van der Waals surface area (Å²) >= 11 is 0. The maximum absolute atomic E-state index is 12.4. The van der Waals surface area contributed by atoms with Crippen LogP contribution in [0.25, 0.3) is 0 Å². The van der Waals surface area contributed by atoms with E-state index in [9.17, 15) is 4.79 Å². The van der Waals surface area contributed by atoms with Crippen molar-refractivity contribution in [2.45, 2.75) is 65.3 Å². The van der Waals surface area contributed by atoms with Crippen LogP contribution in [0, 0.1) is 11.3 Å². The van der Waals surface area contributed by atoms with E-state index < -0.39 is 5.54 Å². The zero-order valence-electron chi connectivity index (χ0n) is 14.0. The van der Waals surface area contributed by atoms with E-state index in [0.29, 0.717) is 5.82 Å². The van der Waals surface area contributed by atoms with Crippen molar-refractivity contribution in [1.29, 1.82) is 0 Å². The molecule has 6 heteroatoms. The lowest BCUT2D eigenvalue weighted by atomic mass is 9.74. The van der Waals surface area contributed by atoms with Crippen molar-refractivity contribution in [3.8, 4) is 0 Å². The molecule has 1 aromatic heterocycles. The van der Waals surface area contributed by atoms with Crippen LogP contribution in [0.1, 0.15) is 59.1 Å². The Bertz CT molecular complexity index is 504. The number of halogens is 1. The van der Waals surface area contributed by atoms with Crippen LogP contribution in [0.4, 0.5) is 5.82 Å². The number of carbonyl (C=O) groups excluding carboxylic acids is 1. The molecule has 22 heavy (non-hydrogen) atoms. The fraction of sp³-hybridized carbons (Fsp3) is 0.750. The number of aromatic nitrogens is 2. The maximum Gasteiger partial charge on any atom is 0.230 e. The summed E-state index contributed by atoms with van der Waals surface area (Å²) in [4.78, 5) is 12.4. The Morgan fingerprint density at radius 2 is 2.18 bits per heavy atom. The van der Waals surface area contributed by atoms with Gasteiger partial charge in [0.15, 0.2) is 5.82 Å². The van der Waals surface area contributed by atoms with Crippen LogP contribution in [-0.4, -0.2) is 21.6 Å². The van der Waals surface area contributed by atoms with E-state index in [1.54, 1.807) is 0 Å². The number of nitrogens with two attached hydrogens (primary N) is 1. The first kappa shape index (κ1) is 19.0. The molecule has 0 bridgehead atoms. The first-order chi connectivity index (χ1) is 9.67. The summed E-state index contributed by atoms with van der Waals surface area (Å²) < 4.78 is 0. The van der Waals surface area contributed by atoms with Gasteiger partial charge in [-0.3, -0.25) is 9.89 Å². The number of hydrogen-bond donors (Lipinski definition) is 3. The third-order valence-corrected chi connectivity index (χ3v) is 4.17. The lowest BCUT2D eigenvalue weighted by Crippen LogP contribution is -2.51. The third kappa shape index (κ3) is 4.99. The Labute approximate surface area is 139 Å². The first-order valence-electron chi connectivity index (χ1n) is 7.81. The molecule has 0 aliphatic heterocycles. The minimum Gasteiger partial charge on any atom is -0.325 e. The van der Waals surface area contributed by atoms with Gasteiger partial charge in [-0.1, -0.05) is 33.6 Å². The molecule has 2 unspecified atom stereocenters. The SMILES string of the molecule is CC(C)(C)Cc1cc(NC(=O)C2CCCCC2(C)N)n[nH]1.Cl. The highest BCUT2D eigenvalue weighted by atomic mass is 35.5. The number of H-pyrrole nitrogens is 1. The summed E-state index contributed by atoms with van der Waals surface area (Å²) in [6.07, 6.45) is 4.84. The van der Waals surface area contributed by atoms with E-state index >= 15 is 0 Å². The monoisotopic (exact) mass is 328 g/mol. The van der Waals surface area contributed by atoms with E-state index in [1.165, 1.54) is 0 Å². The van der Waals surface area contributed by atoms with Crippen LogP contribution in [0.15, 0.2) is 6.07 Å². The van der Waals surface area contributed by atoms with E-state index in [-0.39, 0.29) is 29.6 Å². The Hall–Kier alpha value is -1.07. The molecule has 2 rings (SSSR count). The van der Waals surface area contributed by atoms with Crippen molar-refractivity contribution in [2.75, 3.05) is 5.32 Å². The number of hydrogen-bond acceptors (Lipinski definition) is 3. The molecular weight excluding hydrogens is 300 g/mol. The molecular formula is C16H29ClN4O. The molecule has 1 saturated carbocycles. The summed E-state index contributed by atoms with van der Waals surface area (Å²) in [7, 11) is 0. The molecule has 1 aliphatic carbocycles. The summed E-state index contributed by atoms with van der Waals surface area (Å²) in [6, 6.07) is 1.92.